The molecular weight excluding hydrogens is 356 g/mol. The Labute approximate surface area is 164 Å². The van der Waals surface area contributed by atoms with E-state index in [1.807, 2.05) is 68.4 Å². The number of benzene rings is 2. The third-order valence-electron chi connectivity index (χ3n) is 4.14. The van der Waals surface area contributed by atoms with Gasteiger partial charge in [0, 0.05) is 24.4 Å². The first kappa shape index (κ1) is 19.2. The second-order valence-corrected chi connectivity index (χ2v) is 7.61. The quantitative estimate of drug-likeness (QED) is 0.845. The predicted octanol–water partition coefficient (Wildman–Crippen LogP) is 4.22. The molecule has 3 rings (SSSR count). The zero-order valence-electron chi connectivity index (χ0n) is 15.8. The summed E-state index contributed by atoms with van der Waals surface area (Å²) in [5.41, 5.74) is 4.05. The van der Waals surface area contributed by atoms with Gasteiger partial charge in [-0.2, -0.15) is 5.10 Å². The molecule has 2 aromatic rings. The van der Waals surface area contributed by atoms with E-state index in [-0.39, 0.29) is 11.8 Å². The standard InChI is InChI=1S/C21H24N4OS/c1-15(2)20(26)23-18-11-9-17(10-12-18)19-14-27-21(25(3)24-19)22-13-16-7-5-4-6-8-16/h4-12,15H,13-14H2,1-3H3,(H,23,26). The molecule has 1 heterocycles. The van der Waals surface area contributed by atoms with Gasteiger partial charge < -0.3 is 5.32 Å². The average molecular weight is 381 g/mol. The highest BCUT2D eigenvalue weighted by molar-refractivity contribution is 8.14. The van der Waals surface area contributed by atoms with Gasteiger partial charge in [0.25, 0.3) is 0 Å². The van der Waals surface area contributed by atoms with E-state index in [4.69, 9.17) is 0 Å². The van der Waals surface area contributed by atoms with Crippen LogP contribution in [-0.2, 0) is 11.3 Å². The Kier molecular flexibility index (Phi) is 6.29. The Bertz CT molecular complexity index is 844. The van der Waals surface area contributed by atoms with Gasteiger partial charge in [0.05, 0.1) is 12.3 Å². The lowest BCUT2D eigenvalue weighted by Crippen LogP contribution is -2.27. The van der Waals surface area contributed by atoms with Crippen LogP contribution in [0.15, 0.2) is 64.7 Å². The molecule has 1 amide bonds. The van der Waals surface area contributed by atoms with Crippen molar-refractivity contribution in [2.24, 2.45) is 16.0 Å². The van der Waals surface area contributed by atoms with E-state index in [1.165, 1.54) is 5.56 Å². The van der Waals surface area contributed by atoms with Crippen molar-refractivity contribution in [3.05, 3.63) is 65.7 Å². The second-order valence-electron chi connectivity index (χ2n) is 6.66. The van der Waals surface area contributed by atoms with Gasteiger partial charge in [-0.15, -0.1) is 0 Å². The molecule has 0 unspecified atom stereocenters. The van der Waals surface area contributed by atoms with Gasteiger partial charge in [0.1, 0.15) is 0 Å². The average Bonchev–Trinajstić information content (AvgIpc) is 2.68. The van der Waals surface area contributed by atoms with E-state index < -0.39 is 0 Å². The summed E-state index contributed by atoms with van der Waals surface area (Å²) in [6, 6.07) is 18.0. The SMILES string of the molecule is CC(C)C(=O)Nc1ccc(C2=NN(C)C(=NCc3ccccc3)SC2)cc1. The summed E-state index contributed by atoms with van der Waals surface area (Å²) in [5.74, 6) is 0.758. The van der Waals surface area contributed by atoms with Gasteiger partial charge in [-0.05, 0) is 23.3 Å². The summed E-state index contributed by atoms with van der Waals surface area (Å²) >= 11 is 1.69. The van der Waals surface area contributed by atoms with Crippen LogP contribution in [0.3, 0.4) is 0 Å². The highest BCUT2D eigenvalue weighted by Crippen LogP contribution is 2.21. The maximum Gasteiger partial charge on any atom is 0.226 e. The number of nitrogens with zero attached hydrogens (tertiary/aromatic N) is 3. The van der Waals surface area contributed by atoms with Crippen LogP contribution in [0, 0.1) is 5.92 Å². The zero-order chi connectivity index (χ0) is 19.2. The van der Waals surface area contributed by atoms with Crippen molar-refractivity contribution in [1.82, 2.24) is 5.01 Å². The summed E-state index contributed by atoms with van der Waals surface area (Å²) in [5, 5.41) is 10.3. The monoisotopic (exact) mass is 380 g/mol. The molecule has 0 radical (unpaired) electrons. The van der Waals surface area contributed by atoms with Crippen LogP contribution in [-0.4, -0.2) is 34.6 Å². The third kappa shape index (κ3) is 5.20. The molecule has 0 aliphatic carbocycles. The van der Waals surface area contributed by atoms with Gasteiger partial charge in [-0.25, -0.2) is 5.01 Å². The van der Waals surface area contributed by atoms with Crippen LogP contribution < -0.4 is 5.32 Å². The van der Waals surface area contributed by atoms with Crippen molar-refractivity contribution >= 4 is 34.2 Å². The maximum atomic E-state index is 11.8. The molecule has 0 saturated carbocycles. The van der Waals surface area contributed by atoms with E-state index >= 15 is 0 Å². The molecule has 1 N–H and O–H groups in total. The fourth-order valence-electron chi connectivity index (χ4n) is 2.54. The summed E-state index contributed by atoms with van der Waals surface area (Å²) in [6.45, 7) is 4.41. The number of hydrogen-bond donors (Lipinski definition) is 1. The maximum absolute atomic E-state index is 11.8. The molecule has 140 valence electrons. The van der Waals surface area contributed by atoms with E-state index in [0.29, 0.717) is 6.54 Å². The number of carbonyl (C=O) groups is 1. The fourth-order valence-corrected chi connectivity index (χ4v) is 3.42. The second kappa shape index (κ2) is 8.86. The Hall–Kier alpha value is -2.60. The summed E-state index contributed by atoms with van der Waals surface area (Å²) < 4.78 is 0. The van der Waals surface area contributed by atoms with Crippen molar-refractivity contribution in [1.29, 1.82) is 0 Å². The number of rotatable bonds is 5. The van der Waals surface area contributed by atoms with E-state index in [2.05, 4.69) is 27.5 Å². The number of anilines is 1. The molecule has 0 saturated heterocycles. The Morgan fingerprint density at radius 3 is 2.52 bits per heavy atom. The zero-order valence-corrected chi connectivity index (χ0v) is 16.7. The first-order chi connectivity index (χ1) is 13.0. The van der Waals surface area contributed by atoms with E-state index in [0.717, 1.165) is 27.9 Å². The summed E-state index contributed by atoms with van der Waals surface area (Å²) in [4.78, 5) is 16.5. The molecule has 0 aromatic heterocycles. The minimum absolute atomic E-state index is 0.0207. The van der Waals surface area contributed by atoms with Crippen LogP contribution in [0.4, 0.5) is 5.69 Å². The largest absolute Gasteiger partial charge is 0.326 e. The van der Waals surface area contributed by atoms with E-state index in [1.54, 1.807) is 11.8 Å². The third-order valence-corrected chi connectivity index (χ3v) is 5.20. The molecule has 1 aliphatic heterocycles. The highest BCUT2D eigenvalue weighted by Gasteiger charge is 2.17. The van der Waals surface area contributed by atoms with Gasteiger partial charge in [0.15, 0.2) is 5.17 Å². The predicted molar refractivity (Wildman–Crippen MR) is 114 cm³/mol. The lowest BCUT2D eigenvalue weighted by atomic mass is 10.1. The number of nitrogens with one attached hydrogen (secondary N) is 1. The van der Waals surface area contributed by atoms with Crippen LogP contribution in [0.5, 0.6) is 0 Å². The molecule has 6 heteroatoms. The number of hydrazone groups is 1. The van der Waals surface area contributed by atoms with E-state index in [9.17, 15) is 4.79 Å². The molecule has 0 bridgehead atoms. The highest BCUT2D eigenvalue weighted by atomic mass is 32.2. The van der Waals surface area contributed by atoms with Gasteiger partial charge in [0.2, 0.25) is 5.91 Å². The van der Waals surface area contributed by atoms with Crippen molar-refractivity contribution < 1.29 is 4.79 Å². The first-order valence-electron chi connectivity index (χ1n) is 8.96. The minimum Gasteiger partial charge on any atom is -0.326 e. The van der Waals surface area contributed by atoms with Crippen molar-refractivity contribution in [3.63, 3.8) is 0 Å². The topological polar surface area (TPSA) is 57.1 Å². The van der Waals surface area contributed by atoms with Crippen LogP contribution >= 0.6 is 11.8 Å². The van der Waals surface area contributed by atoms with Crippen LogP contribution in [0.25, 0.3) is 0 Å². The summed E-state index contributed by atoms with van der Waals surface area (Å²) in [6.07, 6.45) is 0. The number of amidine groups is 1. The van der Waals surface area contributed by atoms with Gasteiger partial charge in [-0.3, -0.25) is 9.79 Å². The Morgan fingerprint density at radius 2 is 1.89 bits per heavy atom. The lowest BCUT2D eigenvalue weighted by molar-refractivity contribution is -0.118. The number of thioether (sulfide) groups is 1. The Balaban J connectivity index is 1.65. The molecular formula is C21H24N4OS. The number of aliphatic imine (C=N–C) groups is 1. The molecule has 2 aromatic carbocycles. The van der Waals surface area contributed by atoms with Crippen LogP contribution in [0.1, 0.15) is 25.0 Å². The normalized spacial score (nSPS) is 15.8. The smallest absolute Gasteiger partial charge is 0.226 e. The Morgan fingerprint density at radius 1 is 1.19 bits per heavy atom. The van der Waals surface area contributed by atoms with Crippen LogP contribution in [0.2, 0.25) is 0 Å². The molecule has 1 aliphatic rings. The lowest BCUT2D eigenvalue weighted by Gasteiger charge is -2.23. The molecule has 0 atom stereocenters. The van der Waals surface area contributed by atoms with Crippen molar-refractivity contribution in [3.8, 4) is 0 Å². The molecule has 27 heavy (non-hydrogen) atoms. The summed E-state index contributed by atoms with van der Waals surface area (Å²) in [7, 11) is 1.92. The molecule has 0 spiro atoms. The molecule has 0 fully saturated rings. The molecule has 5 nitrogen and oxygen atoms in total. The van der Waals surface area contributed by atoms with Crippen molar-refractivity contribution in [2.45, 2.75) is 20.4 Å². The first-order valence-corrected chi connectivity index (χ1v) is 9.95. The van der Waals surface area contributed by atoms with Crippen molar-refractivity contribution in [2.75, 3.05) is 18.1 Å². The minimum atomic E-state index is -0.0361. The van der Waals surface area contributed by atoms with Gasteiger partial charge in [-0.1, -0.05) is 68.1 Å². The number of carbonyl (C=O) groups excluding carboxylic acids is 1. The number of hydrogen-bond acceptors (Lipinski definition) is 4. The number of amides is 1. The fraction of sp³-hybridized carbons (Fsp3) is 0.286. The van der Waals surface area contributed by atoms with Gasteiger partial charge >= 0.3 is 0 Å².